The molecule has 0 aliphatic heterocycles. The number of hydrogen-bond acceptors (Lipinski definition) is 2. The lowest BCUT2D eigenvalue weighted by Gasteiger charge is -2.14. The van der Waals surface area contributed by atoms with Crippen LogP contribution in [0.1, 0.15) is 11.1 Å². The van der Waals surface area contributed by atoms with Gasteiger partial charge in [-0.2, -0.15) is 0 Å². The minimum atomic E-state index is 0.559. The highest BCUT2D eigenvalue weighted by Gasteiger charge is 2.13. The molecule has 2 aromatic carbocycles. The second-order valence-corrected chi connectivity index (χ2v) is 5.47. The molecule has 2 rings (SSSR count). The number of halogens is 2. The van der Waals surface area contributed by atoms with E-state index in [2.05, 4.69) is 30.4 Å². The molecule has 106 valence electrons. The van der Waals surface area contributed by atoms with Crippen LogP contribution >= 0.6 is 23.2 Å². The molecule has 0 heterocycles. The molecule has 20 heavy (non-hydrogen) atoms. The van der Waals surface area contributed by atoms with Crippen LogP contribution in [0.3, 0.4) is 0 Å². The summed E-state index contributed by atoms with van der Waals surface area (Å²) < 4.78 is 5.19. The Morgan fingerprint density at radius 1 is 1.05 bits per heavy atom. The average molecular weight is 310 g/mol. The molecule has 2 aromatic rings. The highest BCUT2D eigenvalue weighted by molar-refractivity contribution is 6.36. The van der Waals surface area contributed by atoms with Crippen molar-refractivity contribution < 1.29 is 4.74 Å². The van der Waals surface area contributed by atoms with E-state index < -0.39 is 0 Å². The molecule has 0 radical (unpaired) electrons. The summed E-state index contributed by atoms with van der Waals surface area (Å²) >= 11 is 12.6. The topological polar surface area (TPSA) is 21.3 Å². The van der Waals surface area contributed by atoms with Gasteiger partial charge in [0.1, 0.15) is 5.75 Å². The quantitative estimate of drug-likeness (QED) is 0.884. The molecule has 4 heteroatoms. The van der Waals surface area contributed by atoms with E-state index in [9.17, 15) is 0 Å². The van der Waals surface area contributed by atoms with E-state index in [4.69, 9.17) is 27.9 Å². The van der Waals surface area contributed by atoms with Gasteiger partial charge in [0.05, 0.1) is 17.2 Å². The van der Waals surface area contributed by atoms with Crippen LogP contribution in [0.4, 0.5) is 0 Å². The van der Waals surface area contributed by atoms with E-state index in [0.717, 1.165) is 17.7 Å². The summed E-state index contributed by atoms with van der Waals surface area (Å²) in [5.74, 6) is 0.586. The lowest BCUT2D eigenvalue weighted by Crippen LogP contribution is -2.06. The maximum absolute atomic E-state index is 6.38. The fraction of sp³-hybridized carbons (Fsp3) is 0.250. The van der Waals surface area contributed by atoms with Gasteiger partial charge >= 0.3 is 0 Å². The highest BCUT2D eigenvalue weighted by Crippen LogP contribution is 2.38. The van der Waals surface area contributed by atoms with Gasteiger partial charge in [-0.15, -0.1) is 0 Å². The first-order chi connectivity index (χ1) is 9.56. The van der Waals surface area contributed by atoms with Gasteiger partial charge < -0.3 is 10.1 Å². The van der Waals surface area contributed by atoms with Crippen LogP contribution in [-0.2, 0) is 6.54 Å². The Morgan fingerprint density at radius 3 is 2.45 bits per heavy atom. The van der Waals surface area contributed by atoms with Crippen molar-refractivity contribution in [3.63, 3.8) is 0 Å². The van der Waals surface area contributed by atoms with Crippen molar-refractivity contribution in [1.29, 1.82) is 0 Å². The Balaban J connectivity index is 2.61. The van der Waals surface area contributed by atoms with Crippen LogP contribution in [0.25, 0.3) is 11.1 Å². The Bertz CT molecular complexity index is 626. The lowest BCUT2D eigenvalue weighted by molar-refractivity contribution is 0.415. The molecule has 0 saturated carbocycles. The van der Waals surface area contributed by atoms with Gasteiger partial charge in [0, 0.05) is 18.2 Å². The van der Waals surface area contributed by atoms with Crippen LogP contribution in [0.15, 0.2) is 30.3 Å². The summed E-state index contributed by atoms with van der Waals surface area (Å²) in [6.07, 6.45) is 0. The molecule has 2 nitrogen and oxygen atoms in total. The van der Waals surface area contributed by atoms with Crippen LogP contribution < -0.4 is 10.1 Å². The summed E-state index contributed by atoms with van der Waals surface area (Å²) in [5, 5.41) is 4.36. The largest absolute Gasteiger partial charge is 0.495 e. The standard InChI is InChI=1S/C16H17Cl2NO/c1-10-4-5-11(9-19-2)12(6-10)13-7-15(18)16(20-3)8-14(13)17/h4-8,19H,9H2,1-3H3. The molecule has 0 aromatic heterocycles. The third-order valence-corrected chi connectivity index (χ3v) is 3.77. The zero-order valence-corrected chi connectivity index (χ0v) is 13.3. The predicted octanol–water partition coefficient (Wildman–Crippen LogP) is 4.70. The lowest BCUT2D eigenvalue weighted by atomic mass is 9.97. The minimum Gasteiger partial charge on any atom is -0.495 e. The summed E-state index contributed by atoms with van der Waals surface area (Å²) in [6, 6.07) is 9.93. The van der Waals surface area contributed by atoms with Crippen molar-refractivity contribution in [2.75, 3.05) is 14.2 Å². The van der Waals surface area contributed by atoms with Gasteiger partial charge in [0.15, 0.2) is 0 Å². The minimum absolute atomic E-state index is 0.559. The van der Waals surface area contributed by atoms with Gasteiger partial charge in [-0.3, -0.25) is 0 Å². The third-order valence-electron chi connectivity index (χ3n) is 3.16. The SMILES string of the molecule is CNCc1ccc(C)cc1-c1cc(Cl)c(OC)cc1Cl. The molecule has 0 aliphatic rings. The highest BCUT2D eigenvalue weighted by atomic mass is 35.5. The maximum atomic E-state index is 6.38. The van der Waals surface area contributed by atoms with E-state index in [-0.39, 0.29) is 0 Å². The molecule has 0 aliphatic carbocycles. The normalized spacial score (nSPS) is 10.7. The molecule has 0 unspecified atom stereocenters. The molecular weight excluding hydrogens is 293 g/mol. The van der Waals surface area contributed by atoms with Crippen LogP contribution in [0, 0.1) is 6.92 Å². The Kier molecular flexibility index (Phi) is 4.92. The van der Waals surface area contributed by atoms with Crippen molar-refractivity contribution >= 4 is 23.2 Å². The van der Waals surface area contributed by atoms with E-state index in [1.807, 2.05) is 13.1 Å². The van der Waals surface area contributed by atoms with Gasteiger partial charge in [-0.1, -0.05) is 47.0 Å². The molecule has 0 bridgehead atoms. The van der Waals surface area contributed by atoms with Gasteiger partial charge in [-0.05, 0) is 31.2 Å². The molecule has 0 saturated heterocycles. The van der Waals surface area contributed by atoms with E-state index in [1.165, 1.54) is 11.1 Å². The average Bonchev–Trinajstić information content (AvgIpc) is 2.43. The number of ether oxygens (including phenoxy) is 1. The number of aryl methyl sites for hydroxylation is 1. The van der Waals surface area contributed by atoms with Gasteiger partial charge in [0.25, 0.3) is 0 Å². The number of hydrogen-bond donors (Lipinski definition) is 1. The fourth-order valence-electron chi connectivity index (χ4n) is 2.18. The molecule has 0 fully saturated rings. The van der Waals surface area contributed by atoms with Crippen LogP contribution in [-0.4, -0.2) is 14.2 Å². The van der Waals surface area contributed by atoms with Crippen LogP contribution in [0.5, 0.6) is 5.75 Å². The summed E-state index contributed by atoms with van der Waals surface area (Å²) in [5.41, 5.74) is 4.38. The van der Waals surface area contributed by atoms with Gasteiger partial charge in [0.2, 0.25) is 0 Å². The summed E-state index contributed by atoms with van der Waals surface area (Å²) in [7, 11) is 3.50. The van der Waals surface area contributed by atoms with Crippen LogP contribution in [0.2, 0.25) is 10.0 Å². The Hall–Kier alpha value is -1.22. The fourth-order valence-corrected chi connectivity index (χ4v) is 2.67. The zero-order valence-electron chi connectivity index (χ0n) is 11.8. The van der Waals surface area contributed by atoms with E-state index >= 15 is 0 Å². The van der Waals surface area contributed by atoms with Crippen molar-refractivity contribution in [3.8, 4) is 16.9 Å². The van der Waals surface area contributed by atoms with Crippen molar-refractivity contribution in [3.05, 3.63) is 51.5 Å². The Labute approximate surface area is 129 Å². The number of methoxy groups -OCH3 is 1. The monoisotopic (exact) mass is 309 g/mol. The van der Waals surface area contributed by atoms with Crippen molar-refractivity contribution in [2.45, 2.75) is 13.5 Å². The predicted molar refractivity (Wildman–Crippen MR) is 86.0 cm³/mol. The number of benzene rings is 2. The molecule has 0 amide bonds. The van der Waals surface area contributed by atoms with E-state index in [0.29, 0.717) is 15.8 Å². The molecule has 0 spiro atoms. The second kappa shape index (κ2) is 6.49. The first-order valence-corrected chi connectivity index (χ1v) is 7.10. The first-order valence-electron chi connectivity index (χ1n) is 6.34. The van der Waals surface area contributed by atoms with Crippen molar-refractivity contribution in [2.24, 2.45) is 0 Å². The first kappa shape index (κ1) is 15.2. The summed E-state index contributed by atoms with van der Waals surface area (Å²) in [6.45, 7) is 2.83. The number of rotatable bonds is 4. The molecule has 1 N–H and O–H groups in total. The number of nitrogens with one attached hydrogen (secondary N) is 1. The van der Waals surface area contributed by atoms with Gasteiger partial charge in [-0.25, -0.2) is 0 Å². The molecule has 0 atom stereocenters. The third kappa shape index (κ3) is 3.09. The van der Waals surface area contributed by atoms with Crippen molar-refractivity contribution in [1.82, 2.24) is 5.32 Å². The maximum Gasteiger partial charge on any atom is 0.138 e. The molecular formula is C16H17Cl2NO. The zero-order chi connectivity index (χ0) is 14.7. The Morgan fingerprint density at radius 2 is 1.80 bits per heavy atom. The second-order valence-electron chi connectivity index (χ2n) is 4.66. The smallest absolute Gasteiger partial charge is 0.138 e. The van der Waals surface area contributed by atoms with E-state index in [1.54, 1.807) is 13.2 Å². The summed E-state index contributed by atoms with van der Waals surface area (Å²) in [4.78, 5) is 0.